The first kappa shape index (κ1) is 10.5. The van der Waals surface area contributed by atoms with Crippen LogP contribution in [0.25, 0.3) is 0 Å². The average molecular weight is 294 g/mol. The number of benzene rings is 1. The molecule has 0 spiro atoms. The molecule has 4 heteroatoms. The fourth-order valence-electron chi connectivity index (χ4n) is 0.857. The Labute approximate surface area is 86.5 Å². The molecule has 0 aromatic heterocycles. The van der Waals surface area contributed by atoms with Crippen molar-refractivity contribution in [2.45, 2.75) is 4.47 Å². The van der Waals surface area contributed by atoms with Gasteiger partial charge in [-0.1, -0.05) is 0 Å². The molecule has 2 N–H and O–H groups in total. The van der Waals surface area contributed by atoms with Crippen LogP contribution in [-0.4, -0.2) is 43.7 Å². The number of aliphatic hydroxyl groups excluding tert-OH is 1. The summed E-state index contributed by atoms with van der Waals surface area (Å²) in [4.78, 5) is 10.5. The van der Waals surface area contributed by atoms with Gasteiger partial charge in [0.1, 0.15) is 0 Å². The van der Waals surface area contributed by atoms with Crippen LogP contribution in [0.5, 0.6) is 0 Å². The molecular formula is C9H10O3Te. The van der Waals surface area contributed by atoms with Gasteiger partial charge >= 0.3 is 86.4 Å². The van der Waals surface area contributed by atoms with E-state index in [1.807, 2.05) is 12.1 Å². The molecule has 0 saturated carbocycles. The quantitative estimate of drug-likeness (QED) is 0.776. The molecule has 0 aliphatic carbocycles. The monoisotopic (exact) mass is 296 g/mol. The van der Waals surface area contributed by atoms with Crippen LogP contribution in [0.4, 0.5) is 0 Å². The third kappa shape index (κ3) is 3.35. The zero-order valence-corrected chi connectivity index (χ0v) is 9.26. The number of aromatic carboxylic acids is 1. The summed E-state index contributed by atoms with van der Waals surface area (Å²) in [6.07, 6.45) is 0. The van der Waals surface area contributed by atoms with Gasteiger partial charge in [0.2, 0.25) is 0 Å². The van der Waals surface area contributed by atoms with Crippen molar-refractivity contribution in [3.05, 3.63) is 29.8 Å². The average Bonchev–Trinajstić information content (AvgIpc) is 2.15. The molecule has 0 saturated heterocycles. The molecule has 3 nitrogen and oxygen atoms in total. The van der Waals surface area contributed by atoms with Crippen LogP contribution in [0.3, 0.4) is 0 Å². The van der Waals surface area contributed by atoms with Gasteiger partial charge in [0.15, 0.2) is 0 Å². The van der Waals surface area contributed by atoms with Gasteiger partial charge < -0.3 is 0 Å². The Kier molecular flexibility index (Phi) is 4.23. The summed E-state index contributed by atoms with van der Waals surface area (Å²) in [5.74, 6) is -0.894. The molecule has 1 rings (SSSR count). The number of carboxylic acids is 1. The van der Waals surface area contributed by atoms with E-state index in [9.17, 15) is 4.79 Å². The van der Waals surface area contributed by atoms with Crippen LogP contribution in [-0.2, 0) is 0 Å². The van der Waals surface area contributed by atoms with Crippen molar-refractivity contribution in [3.63, 3.8) is 0 Å². The summed E-state index contributed by atoms with van der Waals surface area (Å²) < 4.78 is 2.03. The summed E-state index contributed by atoms with van der Waals surface area (Å²) in [6.45, 7) is 0.225. The SMILES string of the molecule is O=C(O)c1ccc([Te]CCO)cc1. The van der Waals surface area contributed by atoms with Crippen LogP contribution >= 0.6 is 0 Å². The van der Waals surface area contributed by atoms with Crippen LogP contribution in [0.15, 0.2) is 24.3 Å². The minimum atomic E-state index is -0.894. The van der Waals surface area contributed by atoms with Gasteiger partial charge in [0.05, 0.1) is 0 Å². The second kappa shape index (κ2) is 5.23. The molecular weight excluding hydrogens is 284 g/mol. The summed E-state index contributed by atoms with van der Waals surface area (Å²) in [5, 5.41) is 17.2. The Morgan fingerprint density at radius 1 is 1.31 bits per heavy atom. The molecule has 1 aromatic rings. The van der Waals surface area contributed by atoms with Crippen molar-refractivity contribution in [2.24, 2.45) is 0 Å². The van der Waals surface area contributed by atoms with E-state index in [0.29, 0.717) is 5.56 Å². The Hall–Kier alpha value is -0.560. The zero-order chi connectivity index (χ0) is 9.68. The van der Waals surface area contributed by atoms with E-state index in [-0.39, 0.29) is 27.5 Å². The Morgan fingerprint density at radius 3 is 2.38 bits per heavy atom. The van der Waals surface area contributed by atoms with Crippen molar-refractivity contribution >= 4 is 30.5 Å². The first-order valence-corrected chi connectivity index (χ1v) is 6.62. The molecule has 0 aliphatic heterocycles. The van der Waals surface area contributed by atoms with Crippen molar-refractivity contribution in [1.82, 2.24) is 0 Å². The number of carbonyl (C=O) groups is 1. The number of carboxylic acid groups (broad SMARTS) is 1. The van der Waals surface area contributed by atoms with Crippen molar-refractivity contribution in [3.8, 4) is 0 Å². The third-order valence-electron chi connectivity index (χ3n) is 1.46. The van der Waals surface area contributed by atoms with E-state index < -0.39 is 5.97 Å². The standard InChI is InChI=1S/C9H10O3Te/c10-5-6-13-8-3-1-7(2-4-8)9(11)12/h1-4,10H,5-6H2,(H,11,12). The number of aliphatic hydroxyl groups is 1. The summed E-state index contributed by atoms with van der Waals surface area (Å²) in [7, 11) is 0. The molecule has 0 unspecified atom stereocenters. The number of rotatable bonds is 4. The summed E-state index contributed by atoms with van der Waals surface area (Å²) in [6, 6.07) is 6.89. The molecule has 0 aliphatic rings. The van der Waals surface area contributed by atoms with Crippen molar-refractivity contribution in [2.75, 3.05) is 6.61 Å². The topological polar surface area (TPSA) is 57.5 Å². The van der Waals surface area contributed by atoms with E-state index >= 15 is 0 Å². The van der Waals surface area contributed by atoms with Gasteiger partial charge in [-0.2, -0.15) is 0 Å². The van der Waals surface area contributed by atoms with Crippen LogP contribution in [0.1, 0.15) is 10.4 Å². The van der Waals surface area contributed by atoms with Gasteiger partial charge in [-0.25, -0.2) is 0 Å². The van der Waals surface area contributed by atoms with E-state index in [1.54, 1.807) is 12.1 Å². The van der Waals surface area contributed by atoms with E-state index in [4.69, 9.17) is 10.2 Å². The normalized spacial score (nSPS) is 9.92. The maximum atomic E-state index is 10.5. The molecule has 13 heavy (non-hydrogen) atoms. The molecule has 0 amide bonds. The number of hydrogen-bond acceptors (Lipinski definition) is 2. The number of hydrogen-bond donors (Lipinski definition) is 2. The molecule has 1 aromatic carbocycles. The molecule has 0 radical (unpaired) electrons. The zero-order valence-electron chi connectivity index (χ0n) is 6.93. The minimum absolute atomic E-state index is 0.225. The van der Waals surface area contributed by atoms with Gasteiger partial charge in [0.25, 0.3) is 0 Å². The third-order valence-corrected chi connectivity index (χ3v) is 4.29. The van der Waals surface area contributed by atoms with E-state index in [1.165, 1.54) is 3.61 Å². The van der Waals surface area contributed by atoms with Crippen LogP contribution < -0.4 is 3.61 Å². The summed E-state index contributed by atoms with van der Waals surface area (Å²) >= 11 is -0.319. The molecule has 0 atom stereocenters. The van der Waals surface area contributed by atoms with Gasteiger partial charge in [-0.15, -0.1) is 0 Å². The second-order valence-electron chi connectivity index (χ2n) is 2.40. The summed E-state index contributed by atoms with van der Waals surface area (Å²) in [5.41, 5.74) is 0.320. The molecule has 0 heterocycles. The fraction of sp³-hybridized carbons (Fsp3) is 0.222. The Balaban J connectivity index is 2.64. The van der Waals surface area contributed by atoms with Gasteiger partial charge in [0, 0.05) is 0 Å². The van der Waals surface area contributed by atoms with E-state index in [0.717, 1.165) is 4.47 Å². The predicted octanol–water partition coefficient (Wildman–Crippen LogP) is 0.125. The Bertz CT molecular complexity index is 281. The van der Waals surface area contributed by atoms with Gasteiger partial charge in [-0.3, -0.25) is 0 Å². The first-order valence-electron chi connectivity index (χ1n) is 3.81. The van der Waals surface area contributed by atoms with Crippen LogP contribution in [0, 0.1) is 0 Å². The Morgan fingerprint density at radius 2 is 1.92 bits per heavy atom. The maximum absolute atomic E-state index is 10.5. The molecule has 70 valence electrons. The molecule has 0 fully saturated rings. The van der Waals surface area contributed by atoms with E-state index in [2.05, 4.69) is 0 Å². The van der Waals surface area contributed by atoms with Crippen LogP contribution in [0.2, 0.25) is 4.47 Å². The fourth-order valence-corrected chi connectivity index (χ4v) is 2.73. The van der Waals surface area contributed by atoms with Gasteiger partial charge in [-0.05, 0) is 0 Å². The van der Waals surface area contributed by atoms with Crippen molar-refractivity contribution < 1.29 is 15.0 Å². The first-order chi connectivity index (χ1) is 6.24. The van der Waals surface area contributed by atoms with Crippen molar-refractivity contribution in [1.29, 1.82) is 0 Å². The second-order valence-corrected chi connectivity index (χ2v) is 5.74. The molecule has 0 bridgehead atoms. The predicted molar refractivity (Wildman–Crippen MR) is 50.7 cm³/mol.